The van der Waals surface area contributed by atoms with Crippen LogP contribution in [0.4, 0.5) is 0 Å². The molecule has 2 heteroatoms. The predicted molar refractivity (Wildman–Crippen MR) is 63.4 cm³/mol. The first-order valence-corrected chi connectivity index (χ1v) is 6.51. The van der Waals surface area contributed by atoms with Crippen molar-refractivity contribution in [2.75, 3.05) is 0 Å². The van der Waals surface area contributed by atoms with E-state index in [0.717, 1.165) is 5.02 Å². The zero-order chi connectivity index (χ0) is 9.54. The zero-order valence-electron chi connectivity index (χ0n) is 7.33. The van der Waals surface area contributed by atoms with Crippen LogP contribution in [0.3, 0.4) is 0 Å². The Kier molecular flexibility index (Phi) is 1.91. The van der Waals surface area contributed by atoms with E-state index >= 15 is 0 Å². The summed E-state index contributed by atoms with van der Waals surface area (Å²) in [6.45, 7) is 0. The van der Waals surface area contributed by atoms with Gasteiger partial charge in [-0.05, 0) is 0 Å². The quantitative estimate of drug-likeness (QED) is 0.544. The third-order valence-electron chi connectivity index (χ3n) is 2.36. The predicted octanol–water partition coefficient (Wildman–Crippen LogP) is 3.70. The molecule has 3 rings (SSSR count). The van der Waals surface area contributed by atoms with Gasteiger partial charge in [0.05, 0.1) is 0 Å². The monoisotopic (exact) mass is 266 g/mol. The summed E-state index contributed by atoms with van der Waals surface area (Å²) in [6.07, 6.45) is 0. The molecule has 0 bridgehead atoms. The van der Waals surface area contributed by atoms with Gasteiger partial charge in [0.1, 0.15) is 0 Å². The molecule has 0 nitrogen and oxygen atoms in total. The van der Waals surface area contributed by atoms with Crippen molar-refractivity contribution >= 4 is 45.4 Å². The van der Waals surface area contributed by atoms with E-state index in [4.69, 9.17) is 11.6 Å². The maximum atomic E-state index is 6.18. The molecule has 0 unspecified atom stereocenters. The molecule has 1 heterocycles. The Hall–Kier alpha value is -0.751. The van der Waals surface area contributed by atoms with Crippen LogP contribution in [0.1, 0.15) is 0 Å². The van der Waals surface area contributed by atoms with Gasteiger partial charge in [-0.15, -0.1) is 0 Å². The van der Waals surface area contributed by atoms with Crippen molar-refractivity contribution in [2.45, 2.75) is 0 Å². The first-order chi connectivity index (χ1) is 6.86. The minimum absolute atomic E-state index is 0.393. The van der Waals surface area contributed by atoms with Crippen molar-refractivity contribution in [3.8, 4) is 0 Å². The van der Waals surface area contributed by atoms with Crippen molar-refractivity contribution in [2.24, 2.45) is 0 Å². The number of hydrogen-bond acceptors (Lipinski definition) is 0. The van der Waals surface area contributed by atoms with Crippen LogP contribution in [0.25, 0.3) is 19.3 Å². The summed E-state index contributed by atoms with van der Waals surface area (Å²) in [7, 11) is 0. The molecule has 68 valence electrons. The molecule has 0 spiro atoms. The van der Waals surface area contributed by atoms with E-state index in [-0.39, 0.29) is 0 Å². The van der Waals surface area contributed by atoms with Gasteiger partial charge in [0.15, 0.2) is 0 Å². The Balaban J connectivity index is 2.63. The van der Waals surface area contributed by atoms with Crippen LogP contribution in [0.15, 0.2) is 42.5 Å². The molecule has 0 amide bonds. The van der Waals surface area contributed by atoms with Crippen LogP contribution >= 0.6 is 11.6 Å². The van der Waals surface area contributed by atoms with Gasteiger partial charge >= 0.3 is 92.9 Å². The Morgan fingerprint density at radius 1 is 0.857 bits per heavy atom. The summed E-state index contributed by atoms with van der Waals surface area (Å²) < 4.78 is 2.78. The summed E-state index contributed by atoms with van der Waals surface area (Å²) in [5, 5.41) is 3.61. The summed E-state index contributed by atoms with van der Waals surface area (Å²) >= 11 is 6.57. The zero-order valence-corrected chi connectivity index (χ0v) is 9.80. The molecule has 0 saturated heterocycles. The first kappa shape index (κ1) is 8.55. The van der Waals surface area contributed by atoms with E-state index in [1.54, 1.807) is 0 Å². The molecule has 0 radical (unpaired) electrons. The average Bonchev–Trinajstić information content (AvgIpc) is 2.59. The van der Waals surface area contributed by atoms with E-state index in [1.807, 2.05) is 12.1 Å². The van der Waals surface area contributed by atoms with E-state index in [9.17, 15) is 0 Å². The Morgan fingerprint density at radius 3 is 2.57 bits per heavy atom. The third kappa shape index (κ3) is 1.14. The molecular weight excluding hydrogens is 259 g/mol. The fourth-order valence-electron chi connectivity index (χ4n) is 1.71. The van der Waals surface area contributed by atoms with Gasteiger partial charge in [-0.25, -0.2) is 0 Å². The van der Waals surface area contributed by atoms with Crippen LogP contribution in [-0.2, 0) is 0 Å². The molecule has 0 aliphatic carbocycles. The number of rotatable bonds is 0. The van der Waals surface area contributed by atoms with Gasteiger partial charge in [-0.1, -0.05) is 0 Å². The van der Waals surface area contributed by atoms with Crippen molar-refractivity contribution in [1.29, 1.82) is 0 Å². The van der Waals surface area contributed by atoms with Gasteiger partial charge in [0.2, 0.25) is 0 Å². The van der Waals surface area contributed by atoms with Crippen molar-refractivity contribution in [3.63, 3.8) is 0 Å². The standard InChI is InChI=1S/C12H7ClSe/c13-10-6-3-5-9-8-4-1-2-7-11(8)14-12(9)10/h1-7H. The van der Waals surface area contributed by atoms with Crippen molar-refractivity contribution in [1.82, 2.24) is 0 Å². The number of benzene rings is 2. The molecular formula is C12H7ClSe. The fraction of sp³-hybridized carbons (Fsp3) is 0. The van der Waals surface area contributed by atoms with Gasteiger partial charge in [0, 0.05) is 0 Å². The topological polar surface area (TPSA) is 0 Å². The summed E-state index contributed by atoms with van der Waals surface area (Å²) in [4.78, 5) is 0. The van der Waals surface area contributed by atoms with Crippen LogP contribution in [0.2, 0.25) is 5.02 Å². The SMILES string of the molecule is Clc1cccc2c1[se]c1ccccc12. The minimum atomic E-state index is 0.393. The van der Waals surface area contributed by atoms with E-state index < -0.39 is 0 Å². The second kappa shape index (κ2) is 3.13. The van der Waals surface area contributed by atoms with Gasteiger partial charge in [-0.3, -0.25) is 0 Å². The first-order valence-electron chi connectivity index (χ1n) is 4.42. The molecule has 2 aromatic carbocycles. The van der Waals surface area contributed by atoms with Crippen molar-refractivity contribution < 1.29 is 0 Å². The average molecular weight is 266 g/mol. The number of hydrogen-bond donors (Lipinski definition) is 0. The van der Waals surface area contributed by atoms with Gasteiger partial charge in [0.25, 0.3) is 0 Å². The van der Waals surface area contributed by atoms with Crippen LogP contribution in [0, 0.1) is 0 Å². The normalized spacial score (nSPS) is 11.2. The number of halogens is 1. The van der Waals surface area contributed by atoms with Crippen molar-refractivity contribution in [3.05, 3.63) is 47.5 Å². The van der Waals surface area contributed by atoms with Gasteiger partial charge < -0.3 is 0 Å². The maximum absolute atomic E-state index is 6.18. The molecule has 3 aromatic rings. The number of fused-ring (bicyclic) bond motifs is 3. The molecule has 0 atom stereocenters. The van der Waals surface area contributed by atoms with Crippen LogP contribution in [0.5, 0.6) is 0 Å². The Bertz CT molecular complexity index is 610. The van der Waals surface area contributed by atoms with Crippen LogP contribution < -0.4 is 0 Å². The fourth-order valence-corrected chi connectivity index (χ4v) is 4.41. The summed E-state index contributed by atoms with van der Waals surface area (Å²) in [6, 6.07) is 14.7. The molecule has 0 fully saturated rings. The molecule has 0 aliphatic rings. The molecule has 14 heavy (non-hydrogen) atoms. The van der Waals surface area contributed by atoms with Crippen LogP contribution in [-0.4, -0.2) is 14.5 Å². The Morgan fingerprint density at radius 2 is 1.64 bits per heavy atom. The second-order valence-corrected chi connectivity index (χ2v) is 5.83. The van der Waals surface area contributed by atoms with E-state index in [0.29, 0.717) is 14.5 Å². The third-order valence-corrected chi connectivity index (χ3v) is 5.48. The summed E-state index contributed by atoms with van der Waals surface area (Å²) in [5.74, 6) is 0. The molecule has 1 aromatic heterocycles. The van der Waals surface area contributed by atoms with E-state index in [1.165, 1.54) is 19.3 Å². The molecule has 0 saturated carbocycles. The van der Waals surface area contributed by atoms with Gasteiger partial charge in [-0.2, -0.15) is 0 Å². The van der Waals surface area contributed by atoms with E-state index in [2.05, 4.69) is 30.3 Å². The second-order valence-electron chi connectivity index (χ2n) is 3.21. The molecule has 0 aliphatic heterocycles. The molecule has 0 N–H and O–H groups in total. The Labute approximate surface area is 92.9 Å². The summed E-state index contributed by atoms with van der Waals surface area (Å²) in [5.41, 5.74) is 0.